The summed E-state index contributed by atoms with van der Waals surface area (Å²) in [5.41, 5.74) is -0.996. The van der Waals surface area contributed by atoms with Gasteiger partial charge < -0.3 is 5.11 Å². The molecule has 0 amide bonds. The summed E-state index contributed by atoms with van der Waals surface area (Å²) in [5, 5.41) is 9.68. The van der Waals surface area contributed by atoms with E-state index in [0.29, 0.717) is 24.0 Å². The summed E-state index contributed by atoms with van der Waals surface area (Å²) >= 11 is 7.41. The van der Waals surface area contributed by atoms with E-state index in [1.807, 2.05) is 12.1 Å². The zero-order valence-electron chi connectivity index (χ0n) is 12.0. The second-order valence-electron chi connectivity index (χ2n) is 6.09. The smallest absolute Gasteiger partial charge is 0.312 e. The van der Waals surface area contributed by atoms with Crippen molar-refractivity contribution in [2.24, 2.45) is 11.3 Å². The summed E-state index contributed by atoms with van der Waals surface area (Å²) in [5.74, 6) is -1.08. The first-order chi connectivity index (χ1) is 10.2. The highest BCUT2D eigenvalue weighted by atomic mass is 35.5. The summed E-state index contributed by atoms with van der Waals surface area (Å²) in [6.07, 6.45) is 1.13. The van der Waals surface area contributed by atoms with Gasteiger partial charge in [-0.05, 0) is 12.1 Å². The molecule has 0 radical (unpaired) electrons. The second-order valence-corrected chi connectivity index (χ2v) is 9.87. The fourth-order valence-electron chi connectivity index (χ4n) is 3.46. The number of hydrogen-bond acceptors (Lipinski definition) is 5. The molecule has 3 heterocycles. The lowest BCUT2D eigenvalue weighted by molar-refractivity contribution is -0.148. The van der Waals surface area contributed by atoms with Gasteiger partial charge in [0.05, 0.1) is 16.0 Å². The summed E-state index contributed by atoms with van der Waals surface area (Å²) in [6.45, 7) is 1.96. The van der Waals surface area contributed by atoms with Crippen LogP contribution in [0.15, 0.2) is 12.1 Å². The molecule has 2 aliphatic rings. The summed E-state index contributed by atoms with van der Waals surface area (Å²) in [6, 6.07) is 3.77. The van der Waals surface area contributed by atoms with Crippen LogP contribution in [0.4, 0.5) is 0 Å². The Morgan fingerprint density at radius 2 is 2.18 bits per heavy atom. The van der Waals surface area contributed by atoms with E-state index in [0.717, 1.165) is 11.1 Å². The van der Waals surface area contributed by atoms with E-state index in [9.17, 15) is 18.3 Å². The van der Waals surface area contributed by atoms with Crippen LogP contribution in [0, 0.1) is 11.3 Å². The minimum Gasteiger partial charge on any atom is -0.481 e. The van der Waals surface area contributed by atoms with Gasteiger partial charge in [-0.2, -0.15) is 0 Å². The molecule has 2 fully saturated rings. The van der Waals surface area contributed by atoms with Crippen molar-refractivity contribution in [1.29, 1.82) is 0 Å². The minimum atomic E-state index is -3.35. The number of carboxylic acid groups (broad SMARTS) is 1. The number of carbonyl (C=O) groups is 1. The van der Waals surface area contributed by atoms with Crippen molar-refractivity contribution in [3.63, 3.8) is 0 Å². The van der Waals surface area contributed by atoms with Crippen molar-refractivity contribution >= 4 is 38.9 Å². The van der Waals surface area contributed by atoms with Crippen molar-refractivity contribution in [3.8, 4) is 0 Å². The molecule has 1 aromatic heterocycles. The van der Waals surface area contributed by atoms with Gasteiger partial charge in [-0.1, -0.05) is 11.6 Å². The maximum absolute atomic E-state index is 11.8. The van der Waals surface area contributed by atoms with E-state index in [-0.39, 0.29) is 19.0 Å². The highest BCUT2D eigenvalue weighted by molar-refractivity contribution is 7.88. The lowest BCUT2D eigenvalue weighted by Crippen LogP contribution is -2.41. The third-order valence-electron chi connectivity index (χ3n) is 4.55. The normalized spacial score (nSPS) is 29.8. The molecule has 1 N–H and O–H groups in total. The monoisotopic (exact) mass is 364 g/mol. The predicted molar refractivity (Wildman–Crippen MR) is 84.6 cm³/mol. The third-order valence-corrected chi connectivity index (χ3v) is 6.98. The van der Waals surface area contributed by atoms with E-state index in [1.165, 1.54) is 15.6 Å². The highest BCUT2D eigenvalue weighted by Crippen LogP contribution is 2.44. The van der Waals surface area contributed by atoms with Gasteiger partial charge in [0.25, 0.3) is 0 Å². The summed E-state index contributed by atoms with van der Waals surface area (Å²) in [7, 11) is -3.35. The fourth-order valence-corrected chi connectivity index (χ4v) is 5.50. The van der Waals surface area contributed by atoms with Gasteiger partial charge in [-0.15, -0.1) is 11.3 Å². The Kier molecular flexibility index (Phi) is 4.01. The largest absolute Gasteiger partial charge is 0.481 e. The first-order valence-electron chi connectivity index (χ1n) is 6.86. The van der Waals surface area contributed by atoms with Gasteiger partial charge in [0.1, 0.15) is 0 Å². The number of rotatable bonds is 4. The van der Waals surface area contributed by atoms with Crippen LogP contribution in [0.5, 0.6) is 0 Å². The molecule has 22 heavy (non-hydrogen) atoms. The molecule has 9 heteroatoms. The maximum atomic E-state index is 11.8. The standard InChI is InChI=1S/C13H17ClN2O4S2/c1-22(19,20)16-5-9-4-15(6-10-2-3-11(14)21-10)7-13(9,8-16)12(17)18/h2-3,9H,4-8H2,1H3,(H,17,18)/t9-,13-/m1/s1. The van der Waals surface area contributed by atoms with E-state index in [1.54, 1.807) is 0 Å². The molecule has 0 saturated carbocycles. The third kappa shape index (κ3) is 2.78. The number of hydrogen-bond donors (Lipinski definition) is 1. The molecule has 1 aromatic rings. The van der Waals surface area contributed by atoms with E-state index in [4.69, 9.17) is 11.6 Å². The SMILES string of the molecule is CS(=O)(=O)N1C[C@H]2CN(Cc3ccc(Cl)s3)C[C@@]2(C(=O)O)C1. The average molecular weight is 365 g/mol. The Morgan fingerprint density at radius 1 is 1.45 bits per heavy atom. The lowest BCUT2D eigenvalue weighted by Gasteiger charge is -2.24. The molecule has 6 nitrogen and oxygen atoms in total. The Hall–Kier alpha value is -0.670. The molecule has 3 rings (SSSR count). The maximum Gasteiger partial charge on any atom is 0.312 e. The number of thiophene rings is 1. The summed E-state index contributed by atoms with van der Waals surface area (Å²) < 4.78 is 25.4. The van der Waals surface area contributed by atoms with Crippen LogP contribution in [0.2, 0.25) is 4.34 Å². The Morgan fingerprint density at radius 3 is 2.68 bits per heavy atom. The van der Waals surface area contributed by atoms with Gasteiger partial charge in [-0.25, -0.2) is 12.7 Å². The molecular weight excluding hydrogens is 348 g/mol. The number of halogens is 1. The Balaban J connectivity index is 1.78. The van der Waals surface area contributed by atoms with Crippen LogP contribution in [-0.2, 0) is 21.4 Å². The van der Waals surface area contributed by atoms with Crippen LogP contribution in [0.25, 0.3) is 0 Å². The number of fused-ring (bicyclic) bond motifs is 1. The first-order valence-corrected chi connectivity index (χ1v) is 9.90. The molecule has 0 unspecified atom stereocenters. The number of likely N-dealkylation sites (tertiary alicyclic amines) is 1. The van der Waals surface area contributed by atoms with E-state index >= 15 is 0 Å². The minimum absolute atomic E-state index is 0.0630. The lowest BCUT2D eigenvalue weighted by atomic mass is 9.81. The van der Waals surface area contributed by atoms with Gasteiger partial charge >= 0.3 is 5.97 Å². The average Bonchev–Trinajstić information content (AvgIpc) is 3.01. The molecule has 2 atom stereocenters. The molecule has 0 spiro atoms. The van der Waals surface area contributed by atoms with E-state index < -0.39 is 21.4 Å². The molecule has 2 saturated heterocycles. The van der Waals surface area contributed by atoms with Crippen LogP contribution < -0.4 is 0 Å². The van der Waals surface area contributed by atoms with Crippen molar-refractivity contribution in [2.45, 2.75) is 6.54 Å². The molecule has 0 aliphatic carbocycles. The number of carboxylic acids is 1. The quantitative estimate of drug-likeness (QED) is 0.868. The van der Waals surface area contributed by atoms with E-state index in [2.05, 4.69) is 4.90 Å². The number of sulfonamides is 1. The second kappa shape index (κ2) is 5.45. The summed E-state index contributed by atoms with van der Waals surface area (Å²) in [4.78, 5) is 15.0. The van der Waals surface area contributed by atoms with Crippen molar-refractivity contribution in [2.75, 3.05) is 32.4 Å². The zero-order chi connectivity index (χ0) is 16.1. The first kappa shape index (κ1) is 16.2. The fraction of sp³-hybridized carbons (Fsp3) is 0.615. The van der Waals surface area contributed by atoms with Gasteiger partial charge in [0, 0.05) is 43.5 Å². The molecule has 122 valence electrons. The van der Waals surface area contributed by atoms with Crippen molar-refractivity contribution in [3.05, 3.63) is 21.3 Å². The molecular formula is C13H17ClN2O4S2. The Labute approximate surface area is 138 Å². The van der Waals surface area contributed by atoms with Crippen LogP contribution in [-0.4, -0.2) is 61.1 Å². The van der Waals surface area contributed by atoms with Crippen LogP contribution >= 0.6 is 22.9 Å². The predicted octanol–water partition coefficient (Wildman–Crippen LogP) is 1.18. The number of aliphatic carboxylic acids is 1. The van der Waals surface area contributed by atoms with Crippen LogP contribution in [0.1, 0.15) is 4.88 Å². The topological polar surface area (TPSA) is 77.9 Å². The van der Waals surface area contributed by atoms with Crippen molar-refractivity contribution < 1.29 is 18.3 Å². The highest BCUT2D eigenvalue weighted by Gasteiger charge is 2.59. The molecule has 2 aliphatic heterocycles. The molecule has 0 bridgehead atoms. The zero-order valence-corrected chi connectivity index (χ0v) is 14.4. The Bertz CT molecular complexity index is 705. The van der Waals surface area contributed by atoms with Crippen LogP contribution in [0.3, 0.4) is 0 Å². The molecule has 0 aromatic carbocycles. The van der Waals surface area contributed by atoms with Gasteiger partial charge in [0.15, 0.2) is 0 Å². The number of nitrogens with zero attached hydrogens (tertiary/aromatic N) is 2. The van der Waals surface area contributed by atoms with Gasteiger partial charge in [0.2, 0.25) is 10.0 Å². The van der Waals surface area contributed by atoms with Gasteiger partial charge in [-0.3, -0.25) is 9.69 Å². The van der Waals surface area contributed by atoms with Crippen molar-refractivity contribution in [1.82, 2.24) is 9.21 Å².